The fourth-order valence-corrected chi connectivity index (χ4v) is 2.22. The van der Waals surface area contributed by atoms with Gasteiger partial charge in [-0.05, 0) is 26.0 Å². The smallest absolute Gasteiger partial charge is 0.307 e. The first kappa shape index (κ1) is 18.4. The van der Waals surface area contributed by atoms with Crippen LogP contribution in [0.2, 0.25) is 0 Å². The fraction of sp³-hybridized carbons (Fsp3) is 0.250. The predicted molar refractivity (Wildman–Crippen MR) is 95.4 cm³/mol. The number of hydrogen-bond acceptors (Lipinski definition) is 4. The molecular formula is C20H21NO4. The first-order valence-electron chi connectivity index (χ1n) is 8.11. The third kappa shape index (κ3) is 5.88. The van der Waals surface area contributed by atoms with Gasteiger partial charge in [-0.2, -0.15) is 0 Å². The maximum Gasteiger partial charge on any atom is 0.307 e. The minimum Gasteiger partial charge on any atom is -0.454 e. The average molecular weight is 339 g/mol. The molecule has 0 aliphatic carbocycles. The van der Waals surface area contributed by atoms with Gasteiger partial charge in [0.1, 0.15) is 0 Å². The quantitative estimate of drug-likeness (QED) is 0.619. The van der Waals surface area contributed by atoms with Crippen LogP contribution in [0.1, 0.15) is 35.7 Å². The lowest BCUT2D eigenvalue weighted by atomic mass is 10.1. The molecule has 0 unspecified atom stereocenters. The molecule has 0 aromatic heterocycles. The highest BCUT2D eigenvalue weighted by molar-refractivity contribution is 6.00. The van der Waals surface area contributed by atoms with Crippen molar-refractivity contribution < 1.29 is 19.1 Å². The van der Waals surface area contributed by atoms with Gasteiger partial charge in [0.2, 0.25) is 11.7 Å². The van der Waals surface area contributed by atoms with Crippen molar-refractivity contribution in [2.45, 2.75) is 32.8 Å². The van der Waals surface area contributed by atoms with Crippen molar-refractivity contribution in [3.8, 4) is 0 Å². The van der Waals surface area contributed by atoms with Crippen LogP contribution in [0, 0.1) is 6.92 Å². The molecule has 0 saturated carbocycles. The number of ketones is 1. The van der Waals surface area contributed by atoms with E-state index in [4.69, 9.17) is 4.74 Å². The zero-order valence-corrected chi connectivity index (χ0v) is 14.3. The number of nitrogens with one attached hydrogen (secondary N) is 1. The van der Waals surface area contributed by atoms with Crippen LogP contribution in [0.25, 0.3) is 0 Å². The van der Waals surface area contributed by atoms with E-state index in [-0.39, 0.29) is 24.5 Å². The van der Waals surface area contributed by atoms with Gasteiger partial charge in [-0.3, -0.25) is 14.4 Å². The number of esters is 1. The van der Waals surface area contributed by atoms with Gasteiger partial charge in [0.15, 0.2) is 6.10 Å². The summed E-state index contributed by atoms with van der Waals surface area (Å²) in [5.41, 5.74) is 2.26. The zero-order chi connectivity index (χ0) is 18.2. The summed E-state index contributed by atoms with van der Waals surface area (Å²) in [7, 11) is 0. The first-order chi connectivity index (χ1) is 12.0. The SMILES string of the molecule is Cc1ccc(NC(=O)CCC(=O)O[C@@H](C)C(=O)c2ccccc2)cc1. The Kier molecular flexibility index (Phi) is 6.46. The molecule has 0 fully saturated rings. The topological polar surface area (TPSA) is 72.5 Å². The number of aryl methyl sites for hydroxylation is 1. The number of hydrogen-bond donors (Lipinski definition) is 1. The van der Waals surface area contributed by atoms with Gasteiger partial charge >= 0.3 is 5.97 Å². The summed E-state index contributed by atoms with van der Waals surface area (Å²) in [5, 5.41) is 2.71. The number of Topliss-reactive ketones (excluding diaryl/α,β-unsaturated/α-hetero) is 1. The normalized spacial score (nSPS) is 11.4. The van der Waals surface area contributed by atoms with Crippen molar-refractivity contribution in [1.82, 2.24) is 0 Å². The molecule has 2 aromatic carbocycles. The summed E-state index contributed by atoms with van der Waals surface area (Å²) in [6, 6.07) is 16.0. The Morgan fingerprint density at radius 2 is 1.60 bits per heavy atom. The minimum absolute atomic E-state index is 0.00103. The van der Waals surface area contributed by atoms with Gasteiger partial charge in [-0.15, -0.1) is 0 Å². The Labute approximate surface area is 147 Å². The Hall–Kier alpha value is -2.95. The van der Waals surface area contributed by atoms with Gasteiger partial charge in [-0.25, -0.2) is 0 Å². The van der Waals surface area contributed by atoms with Gasteiger partial charge in [-0.1, -0.05) is 48.0 Å². The van der Waals surface area contributed by atoms with Crippen molar-refractivity contribution in [3.63, 3.8) is 0 Å². The molecular weight excluding hydrogens is 318 g/mol. The summed E-state index contributed by atoms with van der Waals surface area (Å²) in [6.45, 7) is 3.49. The summed E-state index contributed by atoms with van der Waals surface area (Å²) >= 11 is 0. The number of carbonyl (C=O) groups is 3. The van der Waals surface area contributed by atoms with Gasteiger partial charge < -0.3 is 10.1 Å². The second kappa shape index (κ2) is 8.78. The third-order valence-corrected chi connectivity index (χ3v) is 3.63. The van der Waals surface area contributed by atoms with Crippen LogP contribution in [-0.2, 0) is 14.3 Å². The van der Waals surface area contributed by atoms with Gasteiger partial charge in [0.05, 0.1) is 6.42 Å². The van der Waals surface area contributed by atoms with E-state index in [1.165, 1.54) is 6.92 Å². The largest absolute Gasteiger partial charge is 0.454 e. The molecule has 0 aliphatic heterocycles. The molecule has 0 aliphatic rings. The maximum atomic E-state index is 12.1. The molecule has 5 heteroatoms. The maximum absolute atomic E-state index is 12.1. The number of rotatable bonds is 7. The second-order valence-electron chi connectivity index (χ2n) is 5.78. The molecule has 0 bridgehead atoms. The monoisotopic (exact) mass is 339 g/mol. The first-order valence-corrected chi connectivity index (χ1v) is 8.11. The Bertz CT molecular complexity index is 738. The lowest BCUT2D eigenvalue weighted by Crippen LogP contribution is -2.25. The number of carbonyl (C=O) groups excluding carboxylic acids is 3. The number of anilines is 1. The van der Waals surface area contributed by atoms with E-state index in [0.29, 0.717) is 11.3 Å². The molecule has 2 rings (SSSR count). The summed E-state index contributed by atoms with van der Waals surface area (Å²) < 4.78 is 5.11. The molecule has 0 radical (unpaired) electrons. The lowest BCUT2D eigenvalue weighted by molar-refractivity contribution is -0.147. The molecule has 1 N–H and O–H groups in total. The average Bonchev–Trinajstić information content (AvgIpc) is 2.62. The van der Waals surface area contributed by atoms with Crippen molar-refractivity contribution >= 4 is 23.3 Å². The zero-order valence-electron chi connectivity index (χ0n) is 14.3. The minimum atomic E-state index is -0.880. The van der Waals surface area contributed by atoms with Crippen LogP contribution in [-0.4, -0.2) is 23.8 Å². The highest BCUT2D eigenvalue weighted by Crippen LogP contribution is 2.10. The molecule has 0 heterocycles. The Balaban J connectivity index is 1.77. The van der Waals surface area contributed by atoms with Crippen LogP contribution in [0.3, 0.4) is 0 Å². The van der Waals surface area contributed by atoms with Crippen LogP contribution >= 0.6 is 0 Å². The molecule has 0 spiro atoms. The summed E-state index contributed by atoms with van der Waals surface area (Å²) in [6.07, 6.45) is -0.960. The van der Waals surface area contributed by atoms with Crippen molar-refractivity contribution in [1.29, 1.82) is 0 Å². The molecule has 130 valence electrons. The molecule has 5 nitrogen and oxygen atoms in total. The van der Waals surface area contributed by atoms with Crippen molar-refractivity contribution in [2.75, 3.05) is 5.32 Å². The standard InChI is InChI=1S/C20H21NO4/c1-14-8-10-17(11-9-14)21-18(22)12-13-19(23)25-15(2)20(24)16-6-4-3-5-7-16/h3-11,15H,12-13H2,1-2H3,(H,21,22)/t15-/m0/s1. The number of amides is 1. The van der Waals surface area contributed by atoms with Crippen LogP contribution in [0.15, 0.2) is 54.6 Å². The Morgan fingerprint density at radius 1 is 0.960 bits per heavy atom. The number of benzene rings is 2. The van der Waals surface area contributed by atoms with E-state index in [1.54, 1.807) is 42.5 Å². The van der Waals surface area contributed by atoms with Gasteiger partial charge in [0.25, 0.3) is 0 Å². The highest BCUT2D eigenvalue weighted by Gasteiger charge is 2.19. The van der Waals surface area contributed by atoms with Crippen LogP contribution < -0.4 is 5.32 Å². The van der Waals surface area contributed by atoms with E-state index < -0.39 is 12.1 Å². The predicted octanol–water partition coefficient (Wildman–Crippen LogP) is 3.53. The Morgan fingerprint density at radius 3 is 2.24 bits per heavy atom. The lowest BCUT2D eigenvalue weighted by Gasteiger charge is -2.12. The molecule has 1 atom stereocenters. The highest BCUT2D eigenvalue weighted by atomic mass is 16.5. The van der Waals surface area contributed by atoms with E-state index >= 15 is 0 Å². The number of ether oxygens (including phenoxy) is 1. The molecule has 25 heavy (non-hydrogen) atoms. The fourth-order valence-electron chi connectivity index (χ4n) is 2.22. The van der Waals surface area contributed by atoms with E-state index in [2.05, 4.69) is 5.32 Å². The van der Waals surface area contributed by atoms with Crippen LogP contribution in [0.5, 0.6) is 0 Å². The molecule has 0 saturated heterocycles. The van der Waals surface area contributed by atoms with E-state index in [0.717, 1.165) is 5.56 Å². The summed E-state index contributed by atoms with van der Waals surface area (Å²) in [5.74, 6) is -1.11. The van der Waals surface area contributed by atoms with Crippen molar-refractivity contribution in [3.05, 3.63) is 65.7 Å². The third-order valence-electron chi connectivity index (χ3n) is 3.63. The molecule has 2 aromatic rings. The van der Waals surface area contributed by atoms with E-state index in [9.17, 15) is 14.4 Å². The second-order valence-corrected chi connectivity index (χ2v) is 5.78. The van der Waals surface area contributed by atoms with Gasteiger partial charge in [0, 0.05) is 17.7 Å². The molecule has 1 amide bonds. The van der Waals surface area contributed by atoms with Crippen LogP contribution in [0.4, 0.5) is 5.69 Å². The van der Waals surface area contributed by atoms with E-state index in [1.807, 2.05) is 19.1 Å². The summed E-state index contributed by atoms with van der Waals surface area (Å²) in [4.78, 5) is 35.8. The van der Waals surface area contributed by atoms with Crippen molar-refractivity contribution in [2.24, 2.45) is 0 Å².